The molecule has 0 saturated carbocycles. The van der Waals surface area contributed by atoms with Gasteiger partial charge in [-0.1, -0.05) is 35.9 Å². The lowest BCUT2D eigenvalue weighted by Gasteiger charge is -2.05. The van der Waals surface area contributed by atoms with Gasteiger partial charge in [-0.25, -0.2) is 0 Å². The zero-order valence-corrected chi connectivity index (χ0v) is 12.9. The lowest BCUT2D eigenvalue weighted by atomic mass is 10.2. The van der Waals surface area contributed by atoms with Crippen LogP contribution in [-0.2, 0) is 6.54 Å². The van der Waals surface area contributed by atoms with E-state index in [2.05, 4.69) is 17.4 Å². The van der Waals surface area contributed by atoms with Gasteiger partial charge in [-0.3, -0.25) is 10.1 Å². The van der Waals surface area contributed by atoms with E-state index in [0.29, 0.717) is 6.54 Å². The first-order chi connectivity index (χ1) is 10.2. The predicted molar refractivity (Wildman–Crippen MR) is 87.0 cm³/mol. The van der Waals surface area contributed by atoms with Crippen LogP contribution in [0.25, 0.3) is 0 Å². The Morgan fingerprint density at radius 1 is 1.19 bits per heavy atom. The maximum Gasteiger partial charge on any atom is 0.288 e. The van der Waals surface area contributed by atoms with Gasteiger partial charge in [-0.05, 0) is 23.8 Å². The van der Waals surface area contributed by atoms with E-state index in [9.17, 15) is 10.1 Å². The van der Waals surface area contributed by atoms with Crippen LogP contribution < -0.4 is 5.32 Å². The van der Waals surface area contributed by atoms with Crippen LogP contribution in [0.1, 0.15) is 5.56 Å². The van der Waals surface area contributed by atoms with Gasteiger partial charge in [-0.2, -0.15) is 0 Å². The van der Waals surface area contributed by atoms with Crippen molar-refractivity contribution in [1.82, 2.24) is 5.32 Å². The normalized spacial score (nSPS) is 10.5. The fourth-order valence-electron chi connectivity index (χ4n) is 1.80. The Balaban J connectivity index is 1.76. The molecule has 0 aliphatic carbocycles. The third-order valence-corrected chi connectivity index (χ3v) is 4.16. The summed E-state index contributed by atoms with van der Waals surface area (Å²) in [7, 11) is 0. The van der Waals surface area contributed by atoms with Crippen molar-refractivity contribution in [1.29, 1.82) is 0 Å². The summed E-state index contributed by atoms with van der Waals surface area (Å²) in [5.41, 5.74) is 0.811. The first kappa shape index (κ1) is 15.8. The minimum Gasteiger partial charge on any atom is -0.312 e. The summed E-state index contributed by atoms with van der Waals surface area (Å²) in [6.45, 7) is 1.42. The third kappa shape index (κ3) is 5.04. The summed E-state index contributed by atoms with van der Waals surface area (Å²) >= 11 is 7.55. The van der Waals surface area contributed by atoms with E-state index in [1.807, 2.05) is 18.2 Å². The minimum atomic E-state index is -0.461. The van der Waals surface area contributed by atoms with Crippen LogP contribution >= 0.6 is 23.4 Å². The van der Waals surface area contributed by atoms with Gasteiger partial charge in [0.2, 0.25) is 0 Å². The molecule has 0 aromatic heterocycles. The van der Waals surface area contributed by atoms with E-state index in [1.165, 1.54) is 11.0 Å². The number of benzene rings is 2. The van der Waals surface area contributed by atoms with Crippen molar-refractivity contribution in [2.45, 2.75) is 11.4 Å². The number of nitrogens with zero attached hydrogens (tertiary/aromatic N) is 1. The SMILES string of the molecule is O=[N+]([O-])c1cc(CNCCSc2ccccc2)ccc1Cl. The first-order valence-corrected chi connectivity index (χ1v) is 7.84. The molecule has 2 aromatic carbocycles. The molecule has 21 heavy (non-hydrogen) atoms. The Labute approximate surface area is 132 Å². The highest BCUT2D eigenvalue weighted by Crippen LogP contribution is 2.25. The number of nitro benzene ring substituents is 1. The highest BCUT2D eigenvalue weighted by molar-refractivity contribution is 7.99. The molecule has 0 heterocycles. The van der Waals surface area contributed by atoms with E-state index in [1.54, 1.807) is 23.9 Å². The molecule has 2 rings (SSSR count). The van der Waals surface area contributed by atoms with Gasteiger partial charge < -0.3 is 5.32 Å². The zero-order chi connectivity index (χ0) is 15.1. The molecule has 0 aliphatic heterocycles. The van der Waals surface area contributed by atoms with Gasteiger partial charge in [0.05, 0.1) is 4.92 Å². The second kappa shape index (κ2) is 8.02. The number of hydrogen-bond donors (Lipinski definition) is 1. The lowest BCUT2D eigenvalue weighted by molar-refractivity contribution is -0.384. The van der Waals surface area contributed by atoms with Crippen molar-refractivity contribution in [2.75, 3.05) is 12.3 Å². The molecule has 4 nitrogen and oxygen atoms in total. The first-order valence-electron chi connectivity index (χ1n) is 6.48. The molecule has 0 amide bonds. The highest BCUT2D eigenvalue weighted by atomic mass is 35.5. The number of thioether (sulfide) groups is 1. The molecular formula is C15H15ClN2O2S. The fraction of sp³-hybridized carbons (Fsp3) is 0.200. The molecule has 110 valence electrons. The summed E-state index contributed by atoms with van der Waals surface area (Å²) in [6, 6.07) is 15.1. The molecule has 0 unspecified atom stereocenters. The molecule has 6 heteroatoms. The van der Waals surface area contributed by atoms with Crippen molar-refractivity contribution in [3.05, 3.63) is 69.2 Å². The Hall–Kier alpha value is -1.56. The van der Waals surface area contributed by atoms with Crippen LogP contribution in [0.4, 0.5) is 5.69 Å². The zero-order valence-electron chi connectivity index (χ0n) is 11.3. The van der Waals surface area contributed by atoms with Crippen LogP contribution in [-0.4, -0.2) is 17.2 Å². The summed E-state index contributed by atoms with van der Waals surface area (Å²) < 4.78 is 0. The topological polar surface area (TPSA) is 55.2 Å². The Morgan fingerprint density at radius 2 is 1.95 bits per heavy atom. The molecule has 0 atom stereocenters. The van der Waals surface area contributed by atoms with E-state index in [-0.39, 0.29) is 10.7 Å². The van der Waals surface area contributed by atoms with Gasteiger partial charge in [0.15, 0.2) is 0 Å². The Kier molecular flexibility index (Phi) is 6.04. The Bertz CT molecular complexity index is 608. The smallest absolute Gasteiger partial charge is 0.288 e. The second-order valence-electron chi connectivity index (χ2n) is 4.38. The molecule has 2 aromatic rings. The minimum absolute atomic E-state index is 0.0466. The van der Waals surface area contributed by atoms with Crippen molar-refractivity contribution in [2.24, 2.45) is 0 Å². The number of nitro groups is 1. The molecular weight excluding hydrogens is 308 g/mol. The number of hydrogen-bond acceptors (Lipinski definition) is 4. The maximum atomic E-state index is 10.8. The predicted octanol–water partition coefficient (Wildman–Crippen LogP) is 4.13. The van der Waals surface area contributed by atoms with Crippen molar-refractivity contribution < 1.29 is 4.92 Å². The van der Waals surface area contributed by atoms with Gasteiger partial charge in [-0.15, -0.1) is 11.8 Å². The fourth-order valence-corrected chi connectivity index (χ4v) is 2.82. The summed E-state index contributed by atoms with van der Waals surface area (Å²) in [6.07, 6.45) is 0. The van der Waals surface area contributed by atoms with Crippen LogP contribution in [0.2, 0.25) is 5.02 Å². The molecule has 0 saturated heterocycles. The standard InChI is InChI=1S/C15H15ClN2O2S/c16-14-7-6-12(10-15(14)18(19)20)11-17-8-9-21-13-4-2-1-3-5-13/h1-7,10,17H,8-9,11H2. The molecule has 0 fully saturated rings. The molecule has 0 aliphatic rings. The molecule has 0 bridgehead atoms. The highest BCUT2D eigenvalue weighted by Gasteiger charge is 2.12. The van der Waals surface area contributed by atoms with Crippen molar-refractivity contribution in [3.8, 4) is 0 Å². The van der Waals surface area contributed by atoms with E-state index in [4.69, 9.17) is 11.6 Å². The lowest BCUT2D eigenvalue weighted by Crippen LogP contribution is -2.16. The quantitative estimate of drug-likeness (QED) is 0.360. The summed E-state index contributed by atoms with van der Waals surface area (Å²) in [4.78, 5) is 11.6. The van der Waals surface area contributed by atoms with Crippen LogP contribution in [0.15, 0.2) is 53.4 Å². The molecule has 0 spiro atoms. The Morgan fingerprint density at radius 3 is 2.67 bits per heavy atom. The monoisotopic (exact) mass is 322 g/mol. The van der Waals surface area contributed by atoms with E-state index < -0.39 is 4.92 Å². The maximum absolute atomic E-state index is 10.8. The average molecular weight is 323 g/mol. The van der Waals surface area contributed by atoms with Crippen molar-refractivity contribution in [3.63, 3.8) is 0 Å². The van der Waals surface area contributed by atoms with Gasteiger partial charge in [0.25, 0.3) is 5.69 Å². The molecule has 0 radical (unpaired) electrons. The second-order valence-corrected chi connectivity index (χ2v) is 5.96. The number of nitrogens with one attached hydrogen (secondary N) is 1. The number of halogens is 1. The summed E-state index contributed by atoms with van der Waals surface area (Å²) in [5, 5.41) is 14.2. The van der Waals surface area contributed by atoms with Gasteiger partial charge in [0, 0.05) is 29.8 Å². The molecule has 1 N–H and O–H groups in total. The largest absolute Gasteiger partial charge is 0.312 e. The van der Waals surface area contributed by atoms with Gasteiger partial charge in [0.1, 0.15) is 5.02 Å². The van der Waals surface area contributed by atoms with E-state index >= 15 is 0 Å². The van der Waals surface area contributed by atoms with Crippen molar-refractivity contribution >= 4 is 29.1 Å². The average Bonchev–Trinajstić information content (AvgIpc) is 2.49. The van der Waals surface area contributed by atoms with E-state index in [0.717, 1.165) is 17.9 Å². The van der Waals surface area contributed by atoms with Crippen LogP contribution in [0, 0.1) is 10.1 Å². The number of rotatable bonds is 7. The van der Waals surface area contributed by atoms with Gasteiger partial charge >= 0.3 is 0 Å². The van der Waals surface area contributed by atoms with Crippen LogP contribution in [0.5, 0.6) is 0 Å². The third-order valence-electron chi connectivity index (χ3n) is 2.83. The van der Waals surface area contributed by atoms with Crippen LogP contribution in [0.3, 0.4) is 0 Å². The summed E-state index contributed by atoms with van der Waals surface area (Å²) in [5.74, 6) is 0.944.